The fourth-order valence-electron chi connectivity index (χ4n) is 2.07. The van der Waals surface area contributed by atoms with Crippen LogP contribution in [0.15, 0.2) is 23.6 Å². The van der Waals surface area contributed by atoms with Gasteiger partial charge in [0.25, 0.3) is 0 Å². The zero-order valence-electron chi connectivity index (χ0n) is 12.4. The molecule has 2 heterocycles. The van der Waals surface area contributed by atoms with E-state index >= 15 is 0 Å². The number of anilines is 1. The van der Waals surface area contributed by atoms with E-state index in [0.717, 1.165) is 28.5 Å². The SMILES string of the molecule is NCCSCC(=O)Nc1nc(-c2ccc3c(c2)OCCO3)cs1. The number of thioether (sulfide) groups is 1. The zero-order valence-corrected chi connectivity index (χ0v) is 14.0. The molecule has 1 aliphatic heterocycles. The van der Waals surface area contributed by atoms with Crippen LogP contribution in [0.2, 0.25) is 0 Å². The van der Waals surface area contributed by atoms with Crippen LogP contribution in [0, 0.1) is 0 Å². The Morgan fingerprint density at radius 3 is 3.00 bits per heavy atom. The second-order valence-corrected chi connectivity index (χ2v) is 6.75. The Hall–Kier alpha value is -1.77. The third-order valence-corrected chi connectivity index (χ3v) is 4.83. The molecular weight excluding hydrogens is 334 g/mol. The van der Waals surface area contributed by atoms with Crippen LogP contribution >= 0.6 is 23.1 Å². The van der Waals surface area contributed by atoms with E-state index in [-0.39, 0.29) is 5.91 Å². The highest BCUT2D eigenvalue weighted by Crippen LogP contribution is 2.35. The first-order valence-electron chi connectivity index (χ1n) is 7.19. The van der Waals surface area contributed by atoms with E-state index in [2.05, 4.69) is 10.3 Å². The van der Waals surface area contributed by atoms with Crippen molar-refractivity contribution in [2.75, 3.05) is 36.6 Å². The summed E-state index contributed by atoms with van der Waals surface area (Å²) in [6.45, 7) is 1.69. The lowest BCUT2D eigenvalue weighted by Crippen LogP contribution is -2.15. The average molecular weight is 351 g/mol. The smallest absolute Gasteiger partial charge is 0.236 e. The third-order valence-electron chi connectivity index (χ3n) is 3.08. The van der Waals surface area contributed by atoms with Crippen LogP contribution in [0.25, 0.3) is 11.3 Å². The summed E-state index contributed by atoms with van der Waals surface area (Å²) in [6.07, 6.45) is 0. The van der Waals surface area contributed by atoms with Crippen molar-refractivity contribution in [2.24, 2.45) is 5.73 Å². The van der Waals surface area contributed by atoms with E-state index in [1.165, 1.54) is 23.1 Å². The first kappa shape index (κ1) is 16.1. The molecule has 0 bridgehead atoms. The second-order valence-electron chi connectivity index (χ2n) is 4.79. The first-order chi connectivity index (χ1) is 11.3. The number of carbonyl (C=O) groups is 1. The molecule has 0 spiro atoms. The molecule has 0 unspecified atom stereocenters. The first-order valence-corrected chi connectivity index (χ1v) is 9.23. The molecule has 0 saturated heterocycles. The molecule has 1 aliphatic rings. The number of fused-ring (bicyclic) bond motifs is 1. The number of nitrogens with one attached hydrogen (secondary N) is 1. The van der Waals surface area contributed by atoms with Gasteiger partial charge in [0.1, 0.15) is 13.2 Å². The molecule has 3 rings (SSSR count). The summed E-state index contributed by atoms with van der Waals surface area (Å²) < 4.78 is 11.1. The molecule has 6 nitrogen and oxygen atoms in total. The molecule has 1 amide bonds. The minimum atomic E-state index is -0.0634. The molecule has 1 aromatic heterocycles. The monoisotopic (exact) mass is 351 g/mol. The zero-order chi connectivity index (χ0) is 16.1. The molecule has 2 aromatic rings. The van der Waals surface area contributed by atoms with E-state index in [0.29, 0.717) is 30.6 Å². The summed E-state index contributed by atoms with van der Waals surface area (Å²) in [7, 11) is 0. The third kappa shape index (κ3) is 4.15. The van der Waals surface area contributed by atoms with Crippen molar-refractivity contribution in [2.45, 2.75) is 0 Å². The van der Waals surface area contributed by atoms with Gasteiger partial charge in [-0.05, 0) is 18.2 Å². The predicted molar refractivity (Wildman–Crippen MR) is 93.5 cm³/mol. The number of aromatic nitrogens is 1. The van der Waals surface area contributed by atoms with Gasteiger partial charge in [-0.3, -0.25) is 4.79 Å². The second kappa shape index (κ2) is 7.67. The number of rotatable bonds is 6. The number of ether oxygens (including phenoxy) is 2. The van der Waals surface area contributed by atoms with Crippen LogP contribution in [-0.4, -0.2) is 42.2 Å². The predicted octanol–water partition coefficient (Wildman–Crippen LogP) is 2.21. The lowest BCUT2D eigenvalue weighted by atomic mass is 10.1. The molecule has 122 valence electrons. The maximum absolute atomic E-state index is 11.8. The van der Waals surface area contributed by atoms with Crippen LogP contribution in [0.1, 0.15) is 0 Å². The van der Waals surface area contributed by atoms with Crippen LogP contribution in [0.5, 0.6) is 11.5 Å². The van der Waals surface area contributed by atoms with Gasteiger partial charge in [0.15, 0.2) is 16.6 Å². The Kier molecular flexibility index (Phi) is 5.37. The van der Waals surface area contributed by atoms with Crippen molar-refractivity contribution >= 4 is 34.1 Å². The summed E-state index contributed by atoms with van der Waals surface area (Å²) in [5, 5.41) is 5.31. The number of hydrogen-bond acceptors (Lipinski definition) is 7. The minimum Gasteiger partial charge on any atom is -0.486 e. The number of amides is 1. The summed E-state index contributed by atoms with van der Waals surface area (Å²) >= 11 is 2.91. The summed E-state index contributed by atoms with van der Waals surface area (Å²) in [6, 6.07) is 5.72. The number of benzene rings is 1. The molecule has 1 aromatic carbocycles. The van der Waals surface area contributed by atoms with E-state index in [1.54, 1.807) is 0 Å². The van der Waals surface area contributed by atoms with Crippen molar-refractivity contribution in [3.05, 3.63) is 23.6 Å². The maximum Gasteiger partial charge on any atom is 0.236 e. The van der Waals surface area contributed by atoms with Crippen LogP contribution in [0.4, 0.5) is 5.13 Å². The maximum atomic E-state index is 11.8. The Morgan fingerprint density at radius 1 is 1.35 bits per heavy atom. The van der Waals surface area contributed by atoms with Crippen molar-refractivity contribution in [3.8, 4) is 22.8 Å². The van der Waals surface area contributed by atoms with Gasteiger partial charge in [-0.25, -0.2) is 4.98 Å². The van der Waals surface area contributed by atoms with E-state index in [9.17, 15) is 4.79 Å². The largest absolute Gasteiger partial charge is 0.486 e. The standard InChI is InChI=1S/C15H17N3O3S2/c16-3-6-22-9-14(19)18-15-17-11(8-23-15)10-1-2-12-13(7-10)21-5-4-20-12/h1-2,7-8H,3-6,9,16H2,(H,17,18,19). The Bertz CT molecular complexity index is 690. The van der Waals surface area contributed by atoms with Gasteiger partial charge in [-0.2, -0.15) is 11.8 Å². The molecule has 0 fully saturated rings. The van der Waals surface area contributed by atoms with Gasteiger partial charge in [0, 0.05) is 23.2 Å². The molecule has 8 heteroatoms. The van der Waals surface area contributed by atoms with Crippen molar-refractivity contribution in [1.82, 2.24) is 4.98 Å². The highest BCUT2D eigenvalue weighted by Gasteiger charge is 2.14. The van der Waals surface area contributed by atoms with Crippen LogP contribution < -0.4 is 20.5 Å². The number of hydrogen-bond donors (Lipinski definition) is 2. The van der Waals surface area contributed by atoms with Gasteiger partial charge >= 0.3 is 0 Å². The molecule has 0 saturated carbocycles. The normalized spacial score (nSPS) is 12.9. The highest BCUT2D eigenvalue weighted by molar-refractivity contribution is 7.99. The number of thiazole rings is 1. The number of nitrogens with two attached hydrogens (primary N) is 1. The molecule has 23 heavy (non-hydrogen) atoms. The highest BCUT2D eigenvalue weighted by atomic mass is 32.2. The molecular formula is C15H17N3O3S2. The average Bonchev–Trinajstić information content (AvgIpc) is 3.03. The lowest BCUT2D eigenvalue weighted by molar-refractivity contribution is -0.113. The number of carbonyl (C=O) groups excluding carboxylic acids is 1. The lowest BCUT2D eigenvalue weighted by Gasteiger charge is -2.18. The minimum absolute atomic E-state index is 0.0634. The van der Waals surface area contributed by atoms with Gasteiger partial charge in [0.05, 0.1) is 11.4 Å². The quantitative estimate of drug-likeness (QED) is 0.776. The molecule has 0 atom stereocenters. The van der Waals surface area contributed by atoms with Gasteiger partial charge in [0.2, 0.25) is 5.91 Å². The summed E-state index contributed by atoms with van der Waals surface area (Å²) in [4.78, 5) is 16.2. The van der Waals surface area contributed by atoms with Gasteiger partial charge in [-0.15, -0.1) is 11.3 Å². The summed E-state index contributed by atoms with van der Waals surface area (Å²) in [5.74, 6) is 2.57. The van der Waals surface area contributed by atoms with Crippen molar-refractivity contribution in [1.29, 1.82) is 0 Å². The Labute approximate surface area is 142 Å². The molecule has 3 N–H and O–H groups in total. The fourth-order valence-corrected chi connectivity index (χ4v) is 3.37. The van der Waals surface area contributed by atoms with Crippen molar-refractivity contribution < 1.29 is 14.3 Å². The molecule has 0 radical (unpaired) electrons. The van der Waals surface area contributed by atoms with E-state index in [4.69, 9.17) is 15.2 Å². The Balaban J connectivity index is 1.66. The fraction of sp³-hybridized carbons (Fsp3) is 0.333. The van der Waals surface area contributed by atoms with Gasteiger partial charge < -0.3 is 20.5 Å². The van der Waals surface area contributed by atoms with E-state index < -0.39 is 0 Å². The van der Waals surface area contributed by atoms with Crippen molar-refractivity contribution in [3.63, 3.8) is 0 Å². The van der Waals surface area contributed by atoms with Crippen LogP contribution in [0.3, 0.4) is 0 Å². The summed E-state index contributed by atoms with van der Waals surface area (Å²) in [5.41, 5.74) is 7.14. The topological polar surface area (TPSA) is 86.5 Å². The van der Waals surface area contributed by atoms with E-state index in [1.807, 2.05) is 23.6 Å². The number of nitrogens with zero attached hydrogens (tertiary/aromatic N) is 1. The van der Waals surface area contributed by atoms with Gasteiger partial charge in [-0.1, -0.05) is 0 Å². The molecule has 0 aliphatic carbocycles. The Morgan fingerprint density at radius 2 is 2.17 bits per heavy atom. The van der Waals surface area contributed by atoms with Crippen LogP contribution in [-0.2, 0) is 4.79 Å².